The third-order valence-corrected chi connectivity index (χ3v) is 4.45. The Balaban J connectivity index is 1.84. The zero-order chi connectivity index (χ0) is 18.1. The fourth-order valence-corrected chi connectivity index (χ4v) is 3.32. The van der Waals surface area contributed by atoms with Crippen LogP contribution in [0.25, 0.3) is 0 Å². The number of pyridine rings is 1. The van der Waals surface area contributed by atoms with Crippen LogP contribution in [0.4, 0.5) is 4.79 Å². The van der Waals surface area contributed by atoms with Crippen molar-refractivity contribution < 1.29 is 24.1 Å². The molecule has 2 aliphatic heterocycles. The van der Waals surface area contributed by atoms with Crippen LogP contribution >= 0.6 is 0 Å². The summed E-state index contributed by atoms with van der Waals surface area (Å²) in [5.74, 6) is -0.737. The minimum atomic E-state index is -0.946. The van der Waals surface area contributed by atoms with E-state index >= 15 is 0 Å². The predicted octanol–water partition coefficient (Wildman–Crippen LogP) is 2.26. The van der Waals surface area contributed by atoms with Crippen LogP contribution in [0, 0.1) is 0 Å². The first-order valence-electron chi connectivity index (χ1n) is 8.66. The molecule has 0 saturated carbocycles. The SMILES string of the molecule is CC(C)(C)OC(=O)N1CCC2(CC1C(O)c1ccccn1)OCCO2. The number of ether oxygens (including phenoxy) is 3. The number of aliphatic hydroxyl groups is 1. The summed E-state index contributed by atoms with van der Waals surface area (Å²) < 4.78 is 17.1. The third-order valence-electron chi connectivity index (χ3n) is 4.45. The van der Waals surface area contributed by atoms with Gasteiger partial charge in [-0.1, -0.05) is 6.07 Å². The van der Waals surface area contributed by atoms with E-state index in [1.165, 1.54) is 0 Å². The summed E-state index contributed by atoms with van der Waals surface area (Å²) >= 11 is 0. The van der Waals surface area contributed by atoms with E-state index in [0.717, 1.165) is 0 Å². The van der Waals surface area contributed by atoms with Crippen molar-refractivity contribution in [1.29, 1.82) is 0 Å². The second kappa shape index (κ2) is 6.90. The molecular weight excluding hydrogens is 324 g/mol. The normalized spacial score (nSPS) is 24.3. The molecule has 2 fully saturated rings. The van der Waals surface area contributed by atoms with Gasteiger partial charge in [-0.15, -0.1) is 0 Å². The van der Waals surface area contributed by atoms with Crippen LogP contribution in [0.2, 0.25) is 0 Å². The number of rotatable bonds is 2. The molecule has 7 nitrogen and oxygen atoms in total. The fraction of sp³-hybridized carbons (Fsp3) is 0.667. The van der Waals surface area contributed by atoms with Gasteiger partial charge >= 0.3 is 6.09 Å². The van der Waals surface area contributed by atoms with Crippen molar-refractivity contribution in [3.63, 3.8) is 0 Å². The molecule has 138 valence electrons. The van der Waals surface area contributed by atoms with Gasteiger partial charge in [0.15, 0.2) is 5.79 Å². The van der Waals surface area contributed by atoms with Crippen LogP contribution in [-0.4, -0.2) is 58.3 Å². The maximum atomic E-state index is 12.7. The van der Waals surface area contributed by atoms with Gasteiger partial charge in [-0.05, 0) is 32.9 Å². The second-order valence-electron chi connectivity index (χ2n) is 7.50. The number of carbonyl (C=O) groups is 1. The topological polar surface area (TPSA) is 81.1 Å². The number of piperidine rings is 1. The Kier molecular flexibility index (Phi) is 4.99. The number of likely N-dealkylation sites (tertiary alicyclic amines) is 1. The molecule has 2 aliphatic rings. The molecule has 0 aromatic carbocycles. The molecule has 0 aliphatic carbocycles. The van der Waals surface area contributed by atoms with Crippen LogP contribution in [0.3, 0.4) is 0 Å². The molecule has 2 atom stereocenters. The van der Waals surface area contributed by atoms with Gasteiger partial charge in [-0.2, -0.15) is 0 Å². The van der Waals surface area contributed by atoms with Crippen molar-refractivity contribution in [2.24, 2.45) is 0 Å². The summed E-state index contributed by atoms with van der Waals surface area (Å²) in [5, 5.41) is 10.9. The molecule has 1 spiro atoms. The van der Waals surface area contributed by atoms with Crippen molar-refractivity contribution in [1.82, 2.24) is 9.88 Å². The number of amides is 1. The van der Waals surface area contributed by atoms with E-state index in [0.29, 0.717) is 38.3 Å². The zero-order valence-corrected chi connectivity index (χ0v) is 15.0. The molecule has 1 aromatic rings. The number of hydrogen-bond acceptors (Lipinski definition) is 6. The molecular formula is C18H26N2O5. The first-order chi connectivity index (χ1) is 11.8. The molecule has 0 radical (unpaired) electrons. The summed E-state index contributed by atoms with van der Waals surface area (Å²) in [4.78, 5) is 18.5. The highest BCUT2D eigenvalue weighted by molar-refractivity contribution is 5.69. The predicted molar refractivity (Wildman–Crippen MR) is 89.8 cm³/mol. The molecule has 25 heavy (non-hydrogen) atoms. The van der Waals surface area contributed by atoms with Gasteiger partial charge in [0.1, 0.15) is 11.7 Å². The fourth-order valence-electron chi connectivity index (χ4n) is 3.32. The lowest BCUT2D eigenvalue weighted by Gasteiger charge is -2.45. The maximum absolute atomic E-state index is 12.7. The number of aliphatic hydroxyl groups excluding tert-OH is 1. The second-order valence-corrected chi connectivity index (χ2v) is 7.50. The maximum Gasteiger partial charge on any atom is 0.410 e. The summed E-state index contributed by atoms with van der Waals surface area (Å²) in [7, 11) is 0. The van der Waals surface area contributed by atoms with Crippen molar-refractivity contribution >= 4 is 6.09 Å². The van der Waals surface area contributed by atoms with Gasteiger partial charge in [-0.3, -0.25) is 4.98 Å². The van der Waals surface area contributed by atoms with Gasteiger partial charge in [0, 0.05) is 25.6 Å². The number of carbonyl (C=O) groups excluding carboxylic acids is 1. The number of hydrogen-bond donors (Lipinski definition) is 1. The van der Waals surface area contributed by atoms with E-state index in [9.17, 15) is 9.90 Å². The van der Waals surface area contributed by atoms with E-state index in [1.807, 2.05) is 26.8 Å². The molecule has 0 bridgehead atoms. The highest BCUT2D eigenvalue weighted by atomic mass is 16.7. The Morgan fingerprint density at radius 2 is 2.12 bits per heavy atom. The Hall–Kier alpha value is -1.70. The molecule has 3 heterocycles. The van der Waals surface area contributed by atoms with E-state index in [1.54, 1.807) is 23.2 Å². The average molecular weight is 350 g/mol. The molecule has 1 aromatic heterocycles. The van der Waals surface area contributed by atoms with Crippen LogP contribution in [-0.2, 0) is 14.2 Å². The van der Waals surface area contributed by atoms with Crippen LogP contribution < -0.4 is 0 Å². The van der Waals surface area contributed by atoms with Crippen LogP contribution in [0.1, 0.15) is 45.4 Å². The molecule has 3 rings (SSSR count). The molecule has 1 N–H and O–H groups in total. The van der Waals surface area contributed by atoms with E-state index in [2.05, 4.69) is 4.98 Å². The molecule has 7 heteroatoms. The van der Waals surface area contributed by atoms with E-state index < -0.39 is 29.6 Å². The highest BCUT2D eigenvalue weighted by Crippen LogP contribution is 2.39. The summed E-state index contributed by atoms with van der Waals surface area (Å²) in [6.07, 6.45) is 1.16. The van der Waals surface area contributed by atoms with Gasteiger partial charge in [0.2, 0.25) is 0 Å². The number of aromatic nitrogens is 1. The smallest absolute Gasteiger partial charge is 0.410 e. The lowest BCUT2D eigenvalue weighted by atomic mass is 9.91. The van der Waals surface area contributed by atoms with Gasteiger partial charge in [0.25, 0.3) is 0 Å². The first kappa shape index (κ1) is 18.1. The minimum Gasteiger partial charge on any atom is -0.444 e. The van der Waals surface area contributed by atoms with Gasteiger partial charge in [0.05, 0.1) is 24.9 Å². The molecule has 2 unspecified atom stereocenters. The monoisotopic (exact) mass is 350 g/mol. The standard InChI is InChI=1S/C18H26N2O5/c1-17(2,3)25-16(22)20-9-7-18(23-10-11-24-18)12-14(20)15(21)13-6-4-5-8-19-13/h4-6,8,14-15,21H,7,9-12H2,1-3H3. The van der Waals surface area contributed by atoms with Gasteiger partial charge in [-0.25, -0.2) is 4.79 Å². The Morgan fingerprint density at radius 3 is 2.72 bits per heavy atom. The van der Waals surface area contributed by atoms with E-state index in [4.69, 9.17) is 14.2 Å². The molecule has 2 saturated heterocycles. The summed E-state index contributed by atoms with van der Waals surface area (Å²) in [6, 6.07) is 4.81. The van der Waals surface area contributed by atoms with E-state index in [-0.39, 0.29) is 0 Å². The largest absolute Gasteiger partial charge is 0.444 e. The average Bonchev–Trinajstić information content (AvgIpc) is 3.01. The molecule has 1 amide bonds. The Labute approximate surface area is 147 Å². The Morgan fingerprint density at radius 1 is 1.40 bits per heavy atom. The van der Waals surface area contributed by atoms with Gasteiger partial charge < -0.3 is 24.2 Å². The van der Waals surface area contributed by atoms with Crippen molar-refractivity contribution in [2.45, 2.75) is 57.1 Å². The lowest BCUT2D eigenvalue weighted by Crippen LogP contribution is -2.56. The highest BCUT2D eigenvalue weighted by Gasteiger charge is 2.49. The Bertz CT molecular complexity index is 595. The zero-order valence-electron chi connectivity index (χ0n) is 15.0. The third kappa shape index (κ3) is 4.11. The first-order valence-corrected chi connectivity index (χ1v) is 8.66. The summed E-state index contributed by atoms with van der Waals surface area (Å²) in [5.41, 5.74) is -0.0938. The van der Waals surface area contributed by atoms with Crippen molar-refractivity contribution in [3.05, 3.63) is 30.1 Å². The minimum absolute atomic E-state index is 0.379. The van der Waals surface area contributed by atoms with Crippen LogP contribution in [0.5, 0.6) is 0 Å². The quantitative estimate of drug-likeness (QED) is 0.881. The van der Waals surface area contributed by atoms with Crippen molar-refractivity contribution in [3.8, 4) is 0 Å². The summed E-state index contributed by atoms with van der Waals surface area (Å²) in [6.45, 7) is 6.91. The van der Waals surface area contributed by atoms with Crippen molar-refractivity contribution in [2.75, 3.05) is 19.8 Å². The lowest BCUT2D eigenvalue weighted by molar-refractivity contribution is -0.203. The van der Waals surface area contributed by atoms with Crippen LogP contribution in [0.15, 0.2) is 24.4 Å². The number of nitrogens with zero attached hydrogens (tertiary/aromatic N) is 2.